The zero-order valence-corrected chi connectivity index (χ0v) is 16.4. The van der Waals surface area contributed by atoms with Crippen molar-refractivity contribution in [3.05, 3.63) is 70.4 Å². The van der Waals surface area contributed by atoms with Crippen LogP contribution in [0.5, 0.6) is 0 Å². The van der Waals surface area contributed by atoms with E-state index < -0.39 is 11.8 Å². The molecule has 1 heterocycles. The fourth-order valence-electron chi connectivity index (χ4n) is 2.65. The number of amides is 2. The number of carbonyl (C=O) groups excluding carboxylic acids is 2. The number of aromatic nitrogens is 1. The van der Waals surface area contributed by atoms with Crippen LogP contribution in [-0.2, 0) is 0 Å². The summed E-state index contributed by atoms with van der Waals surface area (Å²) in [7, 11) is 3.76. The van der Waals surface area contributed by atoms with E-state index in [9.17, 15) is 9.59 Å². The lowest BCUT2D eigenvalue weighted by molar-refractivity contribution is 0.0846. The first kappa shape index (κ1) is 19.4. The minimum atomic E-state index is -0.550. The van der Waals surface area contributed by atoms with Gasteiger partial charge in [-0.05, 0) is 31.2 Å². The van der Waals surface area contributed by atoms with E-state index in [0.29, 0.717) is 27.6 Å². The Kier molecular flexibility index (Phi) is 5.65. The van der Waals surface area contributed by atoms with E-state index in [4.69, 9.17) is 16.1 Å². The Morgan fingerprint density at radius 1 is 1.04 bits per heavy atom. The van der Waals surface area contributed by atoms with Crippen LogP contribution < -0.4 is 15.8 Å². The molecular formula is C20H19ClN4O3. The van der Waals surface area contributed by atoms with E-state index in [1.54, 1.807) is 49.4 Å². The van der Waals surface area contributed by atoms with Gasteiger partial charge in [-0.15, -0.1) is 0 Å². The van der Waals surface area contributed by atoms with Crippen LogP contribution in [0.2, 0.25) is 5.02 Å². The van der Waals surface area contributed by atoms with E-state index in [2.05, 4.69) is 16.0 Å². The number of rotatable bonds is 4. The topological polar surface area (TPSA) is 87.5 Å². The summed E-state index contributed by atoms with van der Waals surface area (Å²) in [5.41, 5.74) is 7.19. The van der Waals surface area contributed by atoms with Crippen molar-refractivity contribution in [2.75, 3.05) is 19.0 Å². The number of nitrogens with one attached hydrogen (secondary N) is 2. The molecule has 1 aromatic heterocycles. The van der Waals surface area contributed by atoms with E-state index >= 15 is 0 Å². The molecule has 0 aliphatic rings. The molecule has 3 aromatic rings. The Hall–Kier alpha value is -3.32. The molecule has 3 rings (SSSR count). The third-order valence-electron chi connectivity index (χ3n) is 4.13. The Morgan fingerprint density at radius 2 is 1.75 bits per heavy atom. The maximum Gasteiger partial charge on any atom is 0.275 e. The van der Waals surface area contributed by atoms with Crippen LogP contribution in [0, 0.1) is 6.92 Å². The number of hydrogen-bond donors (Lipinski definition) is 2. The number of hydrogen-bond acceptors (Lipinski definition) is 5. The van der Waals surface area contributed by atoms with Crippen molar-refractivity contribution in [1.29, 1.82) is 0 Å². The first-order valence-corrected chi connectivity index (χ1v) is 8.85. The third-order valence-corrected chi connectivity index (χ3v) is 4.46. The van der Waals surface area contributed by atoms with Crippen LogP contribution >= 0.6 is 11.6 Å². The van der Waals surface area contributed by atoms with Gasteiger partial charge in [-0.3, -0.25) is 20.4 Å². The molecule has 144 valence electrons. The number of nitrogens with zero attached hydrogens (tertiary/aromatic N) is 2. The van der Waals surface area contributed by atoms with Crippen molar-refractivity contribution in [3.63, 3.8) is 0 Å². The predicted octanol–water partition coefficient (Wildman–Crippen LogP) is 3.44. The summed E-state index contributed by atoms with van der Waals surface area (Å²) in [6, 6.07) is 14.0. The van der Waals surface area contributed by atoms with E-state index in [-0.39, 0.29) is 5.56 Å². The lowest BCUT2D eigenvalue weighted by Crippen LogP contribution is -2.42. The molecule has 8 heteroatoms. The van der Waals surface area contributed by atoms with Gasteiger partial charge >= 0.3 is 0 Å². The van der Waals surface area contributed by atoms with Gasteiger partial charge in [-0.1, -0.05) is 41.0 Å². The molecule has 0 aliphatic heterocycles. The number of carbonyl (C=O) groups is 2. The summed E-state index contributed by atoms with van der Waals surface area (Å²) in [5, 5.41) is 4.38. The molecule has 0 spiro atoms. The summed E-state index contributed by atoms with van der Waals surface area (Å²) in [5.74, 6) is -0.674. The molecule has 0 radical (unpaired) electrons. The molecule has 0 fully saturated rings. The maximum atomic E-state index is 12.7. The van der Waals surface area contributed by atoms with Crippen molar-refractivity contribution in [1.82, 2.24) is 16.0 Å². The quantitative estimate of drug-likeness (QED) is 0.657. The van der Waals surface area contributed by atoms with Crippen molar-refractivity contribution < 1.29 is 14.1 Å². The van der Waals surface area contributed by atoms with Gasteiger partial charge in [0.25, 0.3) is 11.8 Å². The molecule has 0 saturated heterocycles. The Balaban J connectivity index is 1.78. The molecule has 0 unspecified atom stereocenters. The summed E-state index contributed by atoms with van der Waals surface area (Å²) in [6.07, 6.45) is 0. The zero-order valence-electron chi connectivity index (χ0n) is 15.6. The number of halogens is 1. The standard InChI is InChI=1S/C20H19ClN4O3/c1-12-17(18(24-28-12)15-9-4-5-10-16(15)21)20(27)23-22-19(26)13-7-6-8-14(11-13)25(2)3/h4-11H,1-3H3,(H,22,26)(H,23,27). The van der Waals surface area contributed by atoms with Gasteiger partial charge in [0.1, 0.15) is 17.0 Å². The highest BCUT2D eigenvalue weighted by atomic mass is 35.5. The molecule has 0 atom stereocenters. The fraction of sp³-hybridized carbons (Fsp3) is 0.150. The summed E-state index contributed by atoms with van der Waals surface area (Å²) < 4.78 is 5.17. The molecule has 0 saturated carbocycles. The van der Waals surface area contributed by atoms with Gasteiger partial charge < -0.3 is 9.42 Å². The average Bonchev–Trinajstić information content (AvgIpc) is 3.07. The number of benzene rings is 2. The second kappa shape index (κ2) is 8.14. The lowest BCUT2D eigenvalue weighted by Gasteiger charge is -2.13. The largest absolute Gasteiger partial charge is 0.378 e. The average molecular weight is 399 g/mol. The Labute approximate surface area is 167 Å². The molecule has 2 amide bonds. The van der Waals surface area contributed by atoms with Crippen LogP contribution in [0.4, 0.5) is 5.69 Å². The van der Waals surface area contributed by atoms with Crippen LogP contribution in [-0.4, -0.2) is 31.1 Å². The first-order valence-electron chi connectivity index (χ1n) is 8.47. The Morgan fingerprint density at radius 3 is 2.46 bits per heavy atom. The number of hydrazine groups is 1. The third kappa shape index (κ3) is 3.99. The van der Waals surface area contributed by atoms with Gasteiger partial charge in [0.2, 0.25) is 0 Å². The van der Waals surface area contributed by atoms with Crippen LogP contribution in [0.1, 0.15) is 26.5 Å². The molecule has 7 nitrogen and oxygen atoms in total. The maximum absolute atomic E-state index is 12.7. The first-order chi connectivity index (χ1) is 13.4. The van der Waals surface area contributed by atoms with Gasteiger partial charge in [0.05, 0.1) is 5.02 Å². The van der Waals surface area contributed by atoms with Crippen molar-refractivity contribution in [2.24, 2.45) is 0 Å². The van der Waals surface area contributed by atoms with Gasteiger partial charge in [-0.2, -0.15) is 0 Å². The van der Waals surface area contributed by atoms with Crippen molar-refractivity contribution >= 4 is 29.1 Å². The molecular weight excluding hydrogens is 380 g/mol. The monoisotopic (exact) mass is 398 g/mol. The second-order valence-electron chi connectivity index (χ2n) is 6.30. The molecule has 28 heavy (non-hydrogen) atoms. The smallest absolute Gasteiger partial charge is 0.275 e. The van der Waals surface area contributed by atoms with Crippen LogP contribution in [0.3, 0.4) is 0 Å². The van der Waals surface area contributed by atoms with E-state index in [1.807, 2.05) is 25.1 Å². The predicted molar refractivity (Wildman–Crippen MR) is 107 cm³/mol. The summed E-state index contributed by atoms with van der Waals surface area (Å²) >= 11 is 6.21. The fourth-order valence-corrected chi connectivity index (χ4v) is 2.88. The molecule has 2 N–H and O–H groups in total. The molecule has 0 bridgehead atoms. The Bertz CT molecular complexity index is 1030. The van der Waals surface area contributed by atoms with Gasteiger partial charge in [-0.25, -0.2) is 0 Å². The molecule has 2 aromatic carbocycles. The SMILES string of the molecule is Cc1onc(-c2ccccc2Cl)c1C(=O)NNC(=O)c1cccc(N(C)C)c1. The number of aryl methyl sites for hydroxylation is 1. The summed E-state index contributed by atoms with van der Waals surface area (Å²) in [4.78, 5) is 26.9. The minimum Gasteiger partial charge on any atom is -0.378 e. The second-order valence-corrected chi connectivity index (χ2v) is 6.70. The van der Waals surface area contributed by atoms with Crippen LogP contribution in [0.25, 0.3) is 11.3 Å². The lowest BCUT2D eigenvalue weighted by atomic mass is 10.1. The van der Waals surface area contributed by atoms with E-state index in [1.165, 1.54) is 0 Å². The highest BCUT2D eigenvalue weighted by molar-refractivity contribution is 6.33. The number of anilines is 1. The normalized spacial score (nSPS) is 10.4. The van der Waals surface area contributed by atoms with Gasteiger partial charge in [0, 0.05) is 30.9 Å². The zero-order chi connectivity index (χ0) is 20.3. The van der Waals surface area contributed by atoms with Crippen molar-refractivity contribution in [2.45, 2.75) is 6.92 Å². The van der Waals surface area contributed by atoms with Crippen LogP contribution in [0.15, 0.2) is 53.1 Å². The summed E-state index contributed by atoms with van der Waals surface area (Å²) in [6.45, 7) is 1.62. The highest BCUT2D eigenvalue weighted by Crippen LogP contribution is 2.30. The minimum absolute atomic E-state index is 0.204. The van der Waals surface area contributed by atoms with Gasteiger partial charge in [0.15, 0.2) is 0 Å². The van der Waals surface area contributed by atoms with E-state index in [0.717, 1.165) is 5.69 Å². The highest BCUT2D eigenvalue weighted by Gasteiger charge is 2.23. The molecule has 0 aliphatic carbocycles. The van der Waals surface area contributed by atoms with Crippen molar-refractivity contribution in [3.8, 4) is 11.3 Å².